The van der Waals surface area contributed by atoms with E-state index in [9.17, 15) is 14.7 Å². The van der Waals surface area contributed by atoms with Crippen molar-refractivity contribution in [3.8, 4) is 0 Å². The standard InChI is InChI=1S/C20H21NO5/c22-19(14-6-2-1-3-7-14)15-9-10-17(21-20(23)24)16(12-15)13-26-18-8-4-5-11-25-18/h1-3,6-7,9-10,12,18,21H,4-5,8,11,13H2,(H,23,24)/p-1. The Morgan fingerprint density at radius 2 is 1.92 bits per heavy atom. The van der Waals surface area contributed by atoms with Crippen molar-refractivity contribution in [3.63, 3.8) is 0 Å². The number of hydrogen-bond donors (Lipinski definition) is 1. The molecule has 0 aromatic heterocycles. The molecule has 0 bridgehead atoms. The third-order valence-corrected chi connectivity index (χ3v) is 4.20. The molecule has 0 aliphatic carbocycles. The van der Waals surface area contributed by atoms with Crippen LogP contribution in [0.5, 0.6) is 0 Å². The SMILES string of the molecule is O=C([O-])Nc1ccc(C(=O)c2ccccc2)cc1COC1CCCCO1. The zero-order chi connectivity index (χ0) is 18.4. The van der Waals surface area contributed by atoms with Crippen molar-refractivity contribution in [2.24, 2.45) is 0 Å². The molecule has 2 aromatic carbocycles. The van der Waals surface area contributed by atoms with E-state index in [1.807, 2.05) is 6.07 Å². The number of ether oxygens (including phenoxy) is 2. The molecule has 6 heteroatoms. The zero-order valence-electron chi connectivity index (χ0n) is 14.3. The maximum absolute atomic E-state index is 12.6. The molecule has 1 saturated heterocycles. The number of carboxylic acid groups (broad SMARTS) is 1. The summed E-state index contributed by atoms with van der Waals surface area (Å²) in [5.74, 6) is -0.138. The quantitative estimate of drug-likeness (QED) is 0.806. The number of hydrogen-bond acceptors (Lipinski definition) is 5. The smallest absolute Gasteiger partial charge is 0.193 e. The van der Waals surface area contributed by atoms with Crippen molar-refractivity contribution in [1.29, 1.82) is 0 Å². The summed E-state index contributed by atoms with van der Waals surface area (Å²) in [5.41, 5.74) is 1.93. The first-order valence-electron chi connectivity index (χ1n) is 8.57. The molecule has 1 fully saturated rings. The van der Waals surface area contributed by atoms with Gasteiger partial charge in [0.05, 0.1) is 6.61 Å². The van der Waals surface area contributed by atoms with E-state index in [2.05, 4.69) is 5.32 Å². The van der Waals surface area contributed by atoms with Gasteiger partial charge in [-0.15, -0.1) is 0 Å². The Morgan fingerprint density at radius 3 is 2.62 bits per heavy atom. The molecule has 0 radical (unpaired) electrons. The minimum Gasteiger partial charge on any atom is -0.530 e. The zero-order valence-corrected chi connectivity index (χ0v) is 14.3. The van der Waals surface area contributed by atoms with Crippen molar-refractivity contribution in [1.82, 2.24) is 0 Å². The predicted molar refractivity (Wildman–Crippen MR) is 93.7 cm³/mol. The molecule has 1 aliphatic rings. The van der Waals surface area contributed by atoms with Crippen LogP contribution in [0.25, 0.3) is 0 Å². The van der Waals surface area contributed by atoms with Crippen molar-refractivity contribution in [2.75, 3.05) is 11.9 Å². The highest BCUT2D eigenvalue weighted by atomic mass is 16.7. The van der Waals surface area contributed by atoms with E-state index in [4.69, 9.17) is 9.47 Å². The van der Waals surface area contributed by atoms with E-state index in [1.54, 1.807) is 42.5 Å². The monoisotopic (exact) mass is 354 g/mol. The van der Waals surface area contributed by atoms with Gasteiger partial charge in [0, 0.05) is 29.0 Å². The van der Waals surface area contributed by atoms with E-state index >= 15 is 0 Å². The van der Waals surface area contributed by atoms with Crippen LogP contribution in [0.2, 0.25) is 0 Å². The molecule has 6 nitrogen and oxygen atoms in total. The van der Waals surface area contributed by atoms with Crippen molar-refractivity contribution >= 4 is 17.6 Å². The first-order chi connectivity index (χ1) is 12.6. The molecule has 1 atom stereocenters. The average Bonchev–Trinajstić information content (AvgIpc) is 2.68. The summed E-state index contributed by atoms with van der Waals surface area (Å²) in [6.07, 6.45) is 1.11. The first kappa shape index (κ1) is 18.1. The van der Waals surface area contributed by atoms with Crippen LogP contribution in [0.1, 0.15) is 40.7 Å². The maximum Gasteiger partial charge on any atom is 0.193 e. The molecule has 2 aromatic rings. The molecule has 0 spiro atoms. The summed E-state index contributed by atoms with van der Waals surface area (Å²) < 4.78 is 11.3. The molecule has 1 heterocycles. The van der Waals surface area contributed by atoms with Crippen LogP contribution in [-0.2, 0) is 16.1 Å². The van der Waals surface area contributed by atoms with Crippen LogP contribution < -0.4 is 10.4 Å². The normalized spacial score (nSPS) is 16.8. The second-order valence-corrected chi connectivity index (χ2v) is 6.09. The number of rotatable bonds is 6. The van der Waals surface area contributed by atoms with Gasteiger partial charge in [0.25, 0.3) is 0 Å². The van der Waals surface area contributed by atoms with Gasteiger partial charge in [-0.2, -0.15) is 0 Å². The van der Waals surface area contributed by atoms with E-state index < -0.39 is 6.09 Å². The Bertz CT molecular complexity index is 769. The molecular weight excluding hydrogens is 334 g/mol. The fourth-order valence-corrected chi connectivity index (χ4v) is 2.87. The predicted octanol–water partition coefficient (Wildman–Crippen LogP) is 2.72. The lowest BCUT2D eigenvalue weighted by atomic mass is 10.0. The molecule has 1 amide bonds. The summed E-state index contributed by atoms with van der Waals surface area (Å²) >= 11 is 0. The Morgan fingerprint density at radius 1 is 1.12 bits per heavy atom. The second-order valence-electron chi connectivity index (χ2n) is 6.09. The van der Waals surface area contributed by atoms with Gasteiger partial charge in [0.1, 0.15) is 6.09 Å². The lowest BCUT2D eigenvalue weighted by Gasteiger charge is -2.23. The lowest BCUT2D eigenvalue weighted by Crippen LogP contribution is -2.29. The summed E-state index contributed by atoms with van der Waals surface area (Å²) in [6.45, 7) is 0.789. The first-order valence-corrected chi connectivity index (χ1v) is 8.57. The molecule has 26 heavy (non-hydrogen) atoms. The summed E-state index contributed by atoms with van der Waals surface area (Å²) in [7, 11) is 0. The number of amides is 1. The van der Waals surface area contributed by atoms with Gasteiger partial charge in [0.2, 0.25) is 0 Å². The third kappa shape index (κ3) is 4.68. The van der Waals surface area contributed by atoms with E-state index in [0.717, 1.165) is 19.3 Å². The molecule has 1 N–H and O–H groups in total. The van der Waals surface area contributed by atoms with Crippen LogP contribution in [-0.4, -0.2) is 24.8 Å². The Labute approximate surface area is 151 Å². The van der Waals surface area contributed by atoms with E-state index in [1.165, 1.54) is 0 Å². The van der Waals surface area contributed by atoms with Crippen LogP contribution in [0.3, 0.4) is 0 Å². The van der Waals surface area contributed by atoms with Gasteiger partial charge >= 0.3 is 0 Å². The number of ketones is 1. The number of anilines is 1. The van der Waals surface area contributed by atoms with Crippen molar-refractivity contribution < 1.29 is 24.2 Å². The van der Waals surface area contributed by atoms with Gasteiger partial charge in [-0.3, -0.25) is 4.79 Å². The second kappa shape index (κ2) is 8.60. The Kier molecular flexibility index (Phi) is 5.99. The molecule has 1 unspecified atom stereocenters. The number of carbonyl (C=O) groups is 2. The number of carbonyl (C=O) groups excluding carboxylic acids is 2. The van der Waals surface area contributed by atoms with Crippen molar-refractivity contribution in [2.45, 2.75) is 32.2 Å². The number of benzene rings is 2. The third-order valence-electron chi connectivity index (χ3n) is 4.20. The van der Waals surface area contributed by atoms with Gasteiger partial charge in [-0.1, -0.05) is 30.3 Å². The van der Waals surface area contributed by atoms with Gasteiger partial charge in [-0.25, -0.2) is 0 Å². The van der Waals surface area contributed by atoms with Gasteiger partial charge in [-0.05, 0) is 37.5 Å². The van der Waals surface area contributed by atoms with Gasteiger partial charge < -0.3 is 24.7 Å². The molecular formula is C20H20NO5-. The van der Waals surface area contributed by atoms with E-state index in [0.29, 0.717) is 29.0 Å². The van der Waals surface area contributed by atoms with Crippen LogP contribution >= 0.6 is 0 Å². The molecule has 0 saturated carbocycles. The van der Waals surface area contributed by atoms with Crippen LogP contribution in [0.15, 0.2) is 48.5 Å². The van der Waals surface area contributed by atoms with Crippen molar-refractivity contribution in [3.05, 3.63) is 65.2 Å². The molecule has 3 rings (SSSR count). The highest BCUT2D eigenvalue weighted by Crippen LogP contribution is 2.23. The van der Waals surface area contributed by atoms with Crippen LogP contribution in [0.4, 0.5) is 10.5 Å². The average molecular weight is 354 g/mol. The Balaban J connectivity index is 1.81. The van der Waals surface area contributed by atoms with Gasteiger partial charge in [0.15, 0.2) is 12.1 Å². The summed E-state index contributed by atoms with van der Waals surface area (Å²) in [6, 6.07) is 13.7. The minimum atomic E-state index is -1.41. The fraction of sp³-hybridized carbons (Fsp3) is 0.300. The summed E-state index contributed by atoms with van der Waals surface area (Å²) in [4.78, 5) is 23.5. The highest BCUT2D eigenvalue weighted by molar-refractivity contribution is 6.09. The number of nitrogens with one attached hydrogen (secondary N) is 1. The molecule has 1 aliphatic heterocycles. The molecule has 136 valence electrons. The summed E-state index contributed by atoms with van der Waals surface area (Å²) in [5, 5.41) is 13.2. The largest absolute Gasteiger partial charge is 0.530 e. The van der Waals surface area contributed by atoms with Crippen LogP contribution in [0, 0.1) is 0 Å². The fourth-order valence-electron chi connectivity index (χ4n) is 2.87. The topological polar surface area (TPSA) is 87.7 Å². The highest BCUT2D eigenvalue weighted by Gasteiger charge is 2.16. The van der Waals surface area contributed by atoms with E-state index in [-0.39, 0.29) is 18.7 Å². The maximum atomic E-state index is 12.6. The minimum absolute atomic E-state index is 0.135. The Hall–Kier alpha value is -2.70. The lowest BCUT2D eigenvalue weighted by molar-refractivity contribution is -0.242.